The highest BCUT2D eigenvalue weighted by molar-refractivity contribution is 5.84. The molecule has 1 N–H and O–H groups in total. The molecule has 0 aliphatic carbocycles. The van der Waals surface area contributed by atoms with E-state index in [1.807, 2.05) is 0 Å². The minimum atomic E-state index is -0.998. The van der Waals surface area contributed by atoms with Crippen LogP contribution in [0.15, 0.2) is 16.5 Å². The summed E-state index contributed by atoms with van der Waals surface area (Å²) in [5.74, 6) is -0.200. The molecule has 1 fully saturated rings. The van der Waals surface area contributed by atoms with Gasteiger partial charge in [0.1, 0.15) is 5.76 Å². The molecule has 0 spiro atoms. The zero-order chi connectivity index (χ0) is 13.8. The second-order valence-corrected chi connectivity index (χ2v) is 5.36. The van der Waals surface area contributed by atoms with Crippen molar-refractivity contribution in [1.82, 2.24) is 4.90 Å². The van der Waals surface area contributed by atoms with E-state index in [2.05, 4.69) is 18.7 Å². The summed E-state index contributed by atoms with van der Waals surface area (Å²) in [4.78, 5) is 13.3. The first-order valence-corrected chi connectivity index (χ1v) is 7.22. The van der Waals surface area contributed by atoms with Crippen molar-refractivity contribution in [3.63, 3.8) is 0 Å². The average molecular weight is 265 g/mol. The van der Waals surface area contributed by atoms with Crippen LogP contribution in [0.1, 0.15) is 68.3 Å². The summed E-state index contributed by atoms with van der Waals surface area (Å²) >= 11 is 0. The lowest BCUT2D eigenvalue weighted by atomic mass is 9.96. The van der Waals surface area contributed by atoms with Crippen molar-refractivity contribution in [3.8, 4) is 0 Å². The molecule has 0 bridgehead atoms. The van der Waals surface area contributed by atoms with Crippen molar-refractivity contribution >= 4 is 5.97 Å². The van der Waals surface area contributed by atoms with Crippen LogP contribution in [0.3, 0.4) is 0 Å². The summed E-state index contributed by atoms with van der Waals surface area (Å²) in [7, 11) is 0. The van der Waals surface area contributed by atoms with Crippen LogP contribution < -0.4 is 0 Å². The lowest BCUT2D eigenvalue weighted by molar-refractivity contribution is 0.0638. The predicted molar refractivity (Wildman–Crippen MR) is 73.3 cm³/mol. The third-order valence-corrected chi connectivity index (χ3v) is 4.04. The zero-order valence-electron chi connectivity index (χ0n) is 11.8. The third kappa shape index (κ3) is 3.18. The predicted octanol–water partition coefficient (Wildman–Crippen LogP) is 3.69. The Morgan fingerprint density at radius 2 is 2.32 bits per heavy atom. The highest BCUT2D eigenvalue weighted by Gasteiger charge is 2.28. The van der Waals surface area contributed by atoms with E-state index in [0.29, 0.717) is 6.04 Å². The maximum atomic E-state index is 10.9. The number of nitrogens with zero attached hydrogens (tertiary/aromatic N) is 1. The quantitative estimate of drug-likeness (QED) is 0.882. The second-order valence-electron chi connectivity index (χ2n) is 5.36. The fourth-order valence-corrected chi connectivity index (χ4v) is 3.03. The molecule has 19 heavy (non-hydrogen) atoms. The molecule has 1 aromatic heterocycles. The van der Waals surface area contributed by atoms with Crippen molar-refractivity contribution in [2.75, 3.05) is 6.54 Å². The summed E-state index contributed by atoms with van der Waals surface area (Å²) in [5.41, 5.74) is 0. The normalized spacial score (nSPS) is 22.3. The minimum absolute atomic E-state index is 0.0332. The summed E-state index contributed by atoms with van der Waals surface area (Å²) in [6, 6.07) is 4.11. The molecule has 0 saturated carbocycles. The van der Waals surface area contributed by atoms with Crippen molar-refractivity contribution < 1.29 is 14.3 Å². The molecule has 1 aromatic rings. The molecular formula is C15H23NO3. The Labute approximate surface area is 114 Å². The van der Waals surface area contributed by atoms with E-state index in [0.717, 1.165) is 12.3 Å². The van der Waals surface area contributed by atoms with E-state index in [1.165, 1.54) is 32.1 Å². The zero-order valence-corrected chi connectivity index (χ0v) is 11.8. The Kier molecular flexibility index (Phi) is 4.64. The Hall–Kier alpha value is -1.29. The number of piperidine rings is 1. The SMILES string of the molecule is CCCC1CCCCN1C(C)c1ccc(C(=O)O)o1. The van der Waals surface area contributed by atoms with Gasteiger partial charge in [-0.25, -0.2) is 4.79 Å². The largest absolute Gasteiger partial charge is 0.475 e. The molecule has 2 unspecified atom stereocenters. The summed E-state index contributed by atoms with van der Waals surface area (Å²) in [5, 5.41) is 8.92. The fraction of sp³-hybridized carbons (Fsp3) is 0.667. The molecular weight excluding hydrogens is 242 g/mol. The molecule has 4 heteroatoms. The maximum absolute atomic E-state index is 10.9. The van der Waals surface area contributed by atoms with Gasteiger partial charge in [0, 0.05) is 6.04 Å². The molecule has 1 aliphatic heterocycles. The third-order valence-electron chi connectivity index (χ3n) is 4.04. The van der Waals surface area contributed by atoms with Crippen LogP contribution in [-0.2, 0) is 0 Å². The standard InChI is InChI=1S/C15H23NO3/c1-3-6-12-7-4-5-10-16(12)11(2)13-8-9-14(19-13)15(17)18/h8-9,11-12H,3-7,10H2,1-2H3,(H,17,18). The number of carbonyl (C=O) groups is 1. The molecule has 0 radical (unpaired) electrons. The van der Waals surface area contributed by atoms with Gasteiger partial charge in [-0.05, 0) is 44.9 Å². The van der Waals surface area contributed by atoms with E-state index in [1.54, 1.807) is 12.1 Å². The first-order valence-electron chi connectivity index (χ1n) is 7.22. The molecule has 2 heterocycles. The number of hydrogen-bond donors (Lipinski definition) is 1. The number of carboxylic acid groups (broad SMARTS) is 1. The number of likely N-dealkylation sites (tertiary alicyclic amines) is 1. The molecule has 2 rings (SSSR count). The monoisotopic (exact) mass is 265 g/mol. The van der Waals surface area contributed by atoms with Gasteiger partial charge < -0.3 is 9.52 Å². The van der Waals surface area contributed by atoms with Crippen LogP contribution in [-0.4, -0.2) is 28.6 Å². The summed E-state index contributed by atoms with van der Waals surface area (Å²) in [6.07, 6.45) is 6.15. The number of hydrogen-bond acceptors (Lipinski definition) is 3. The Morgan fingerprint density at radius 3 is 2.95 bits per heavy atom. The maximum Gasteiger partial charge on any atom is 0.371 e. The Bertz CT molecular complexity index is 425. The van der Waals surface area contributed by atoms with Gasteiger partial charge in [0.2, 0.25) is 5.76 Å². The van der Waals surface area contributed by atoms with E-state index in [4.69, 9.17) is 9.52 Å². The molecule has 1 aliphatic rings. The van der Waals surface area contributed by atoms with Crippen molar-refractivity contribution in [3.05, 3.63) is 23.7 Å². The van der Waals surface area contributed by atoms with E-state index in [-0.39, 0.29) is 11.8 Å². The van der Waals surface area contributed by atoms with Crippen LogP contribution in [0, 0.1) is 0 Å². The van der Waals surface area contributed by atoms with Crippen molar-refractivity contribution in [2.24, 2.45) is 0 Å². The molecule has 106 valence electrons. The first-order chi connectivity index (χ1) is 9.13. The number of furan rings is 1. The van der Waals surface area contributed by atoms with Gasteiger partial charge in [0.25, 0.3) is 0 Å². The lowest BCUT2D eigenvalue weighted by Crippen LogP contribution is -2.40. The Morgan fingerprint density at radius 1 is 1.53 bits per heavy atom. The first kappa shape index (κ1) is 14.1. The highest BCUT2D eigenvalue weighted by Crippen LogP contribution is 2.31. The van der Waals surface area contributed by atoms with Crippen LogP contribution in [0.2, 0.25) is 0 Å². The summed E-state index contributed by atoms with van der Waals surface area (Å²) in [6.45, 7) is 5.40. The smallest absolute Gasteiger partial charge is 0.371 e. The second kappa shape index (κ2) is 6.24. The average Bonchev–Trinajstić information content (AvgIpc) is 2.89. The highest BCUT2D eigenvalue weighted by atomic mass is 16.4. The van der Waals surface area contributed by atoms with Gasteiger partial charge in [-0.3, -0.25) is 4.90 Å². The number of carboxylic acids is 1. The van der Waals surface area contributed by atoms with Crippen LogP contribution >= 0.6 is 0 Å². The topological polar surface area (TPSA) is 53.7 Å². The van der Waals surface area contributed by atoms with Gasteiger partial charge in [-0.15, -0.1) is 0 Å². The molecule has 1 saturated heterocycles. The minimum Gasteiger partial charge on any atom is -0.475 e. The van der Waals surface area contributed by atoms with Crippen LogP contribution in [0.4, 0.5) is 0 Å². The fourth-order valence-electron chi connectivity index (χ4n) is 3.03. The summed E-state index contributed by atoms with van der Waals surface area (Å²) < 4.78 is 5.45. The van der Waals surface area contributed by atoms with Gasteiger partial charge in [-0.2, -0.15) is 0 Å². The molecule has 2 atom stereocenters. The van der Waals surface area contributed by atoms with E-state index >= 15 is 0 Å². The lowest BCUT2D eigenvalue weighted by Gasteiger charge is -2.39. The number of rotatable bonds is 5. The van der Waals surface area contributed by atoms with E-state index < -0.39 is 5.97 Å². The van der Waals surface area contributed by atoms with Gasteiger partial charge >= 0.3 is 5.97 Å². The van der Waals surface area contributed by atoms with Gasteiger partial charge in [0.15, 0.2) is 0 Å². The van der Waals surface area contributed by atoms with Crippen molar-refractivity contribution in [1.29, 1.82) is 0 Å². The van der Waals surface area contributed by atoms with Gasteiger partial charge in [-0.1, -0.05) is 19.8 Å². The van der Waals surface area contributed by atoms with Gasteiger partial charge in [0.05, 0.1) is 6.04 Å². The molecule has 0 aromatic carbocycles. The van der Waals surface area contributed by atoms with Crippen molar-refractivity contribution in [2.45, 2.75) is 58.0 Å². The molecule has 4 nitrogen and oxygen atoms in total. The molecule has 0 amide bonds. The Balaban J connectivity index is 2.11. The van der Waals surface area contributed by atoms with Crippen LogP contribution in [0.5, 0.6) is 0 Å². The number of aromatic carboxylic acids is 1. The van der Waals surface area contributed by atoms with Crippen LogP contribution in [0.25, 0.3) is 0 Å². The van der Waals surface area contributed by atoms with E-state index in [9.17, 15) is 4.79 Å².